The zero-order valence-electron chi connectivity index (χ0n) is 12.4. The molecule has 0 aromatic carbocycles. The highest BCUT2D eigenvalue weighted by Crippen LogP contribution is 2.23. The van der Waals surface area contributed by atoms with E-state index >= 15 is 0 Å². The summed E-state index contributed by atoms with van der Waals surface area (Å²) in [6.07, 6.45) is 2.07. The molecule has 2 atom stereocenters. The summed E-state index contributed by atoms with van der Waals surface area (Å²) in [7, 11) is 1.99. The first-order chi connectivity index (χ1) is 9.02. The zero-order valence-corrected chi connectivity index (χ0v) is 13.2. The number of aryl methyl sites for hydroxylation is 2. The Kier molecular flexibility index (Phi) is 4.87. The summed E-state index contributed by atoms with van der Waals surface area (Å²) in [4.78, 5) is 2.51. The second-order valence-electron chi connectivity index (χ2n) is 5.61. The smallest absolute Gasteiger partial charge is 0.0863 e. The number of hydrogen-bond acceptors (Lipinski definition) is 3. The number of hydrogen-bond donors (Lipinski definition) is 1. The van der Waals surface area contributed by atoms with Crippen LogP contribution in [0.1, 0.15) is 38.6 Å². The van der Waals surface area contributed by atoms with E-state index in [1.807, 2.05) is 11.7 Å². The van der Waals surface area contributed by atoms with Gasteiger partial charge in [0.2, 0.25) is 0 Å². The second kappa shape index (κ2) is 6.25. The Bertz CT molecular complexity index is 429. The highest BCUT2D eigenvalue weighted by molar-refractivity contribution is 6.31. The molecule has 2 unspecified atom stereocenters. The van der Waals surface area contributed by atoms with Crippen molar-refractivity contribution in [1.82, 2.24) is 20.0 Å². The van der Waals surface area contributed by atoms with Gasteiger partial charge in [0.25, 0.3) is 0 Å². The molecule has 0 radical (unpaired) electrons. The van der Waals surface area contributed by atoms with Crippen LogP contribution in [-0.2, 0) is 20.0 Å². The van der Waals surface area contributed by atoms with Gasteiger partial charge in [-0.15, -0.1) is 0 Å². The van der Waals surface area contributed by atoms with E-state index in [-0.39, 0.29) is 0 Å². The van der Waals surface area contributed by atoms with Gasteiger partial charge in [-0.1, -0.05) is 18.5 Å². The molecular formula is C14H25ClN4. The monoisotopic (exact) mass is 284 g/mol. The van der Waals surface area contributed by atoms with Crippen LogP contribution < -0.4 is 5.32 Å². The van der Waals surface area contributed by atoms with Gasteiger partial charge in [-0.2, -0.15) is 5.10 Å². The Labute approximate surface area is 121 Å². The third-order valence-corrected chi connectivity index (χ3v) is 4.48. The van der Waals surface area contributed by atoms with E-state index in [1.54, 1.807) is 0 Å². The highest BCUT2D eigenvalue weighted by Gasteiger charge is 2.23. The summed E-state index contributed by atoms with van der Waals surface area (Å²) in [5.41, 5.74) is 2.15. The van der Waals surface area contributed by atoms with Crippen molar-refractivity contribution in [3.8, 4) is 0 Å². The molecule has 19 heavy (non-hydrogen) atoms. The third kappa shape index (κ3) is 3.30. The summed E-state index contributed by atoms with van der Waals surface area (Å²) >= 11 is 6.45. The third-order valence-electron chi connectivity index (χ3n) is 4.04. The molecule has 0 bridgehead atoms. The van der Waals surface area contributed by atoms with E-state index in [1.165, 1.54) is 6.42 Å². The molecule has 0 spiro atoms. The van der Waals surface area contributed by atoms with Crippen LogP contribution in [0.5, 0.6) is 0 Å². The molecule has 1 aromatic rings. The van der Waals surface area contributed by atoms with Crippen LogP contribution in [0, 0.1) is 0 Å². The normalized spacial score (nSPS) is 25.5. The Morgan fingerprint density at radius 2 is 2.16 bits per heavy atom. The molecule has 5 heteroatoms. The van der Waals surface area contributed by atoms with E-state index < -0.39 is 0 Å². The van der Waals surface area contributed by atoms with E-state index in [4.69, 9.17) is 11.6 Å². The Hall–Kier alpha value is -0.580. The van der Waals surface area contributed by atoms with Gasteiger partial charge in [0.15, 0.2) is 0 Å². The van der Waals surface area contributed by atoms with Crippen LogP contribution in [0.15, 0.2) is 0 Å². The standard InChI is InChI=1S/C14H25ClN4/c1-5-12-14(15)13(18(4)17-12)9-19-8-10(2)16-7-6-11(19)3/h10-11,16H,5-9H2,1-4H3. The first-order valence-corrected chi connectivity index (χ1v) is 7.58. The van der Waals surface area contributed by atoms with Crippen LogP contribution in [0.4, 0.5) is 0 Å². The number of nitrogens with one attached hydrogen (secondary N) is 1. The maximum atomic E-state index is 6.45. The number of halogens is 1. The van der Waals surface area contributed by atoms with E-state index in [0.717, 1.165) is 42.5 Å². The molecule has 1 aliphatic heterocycles. The molecule has 0 aliphatic carbocycles. The van der Waals surface area contributed by atoms with Gasteiger partial charge in [-0.05, 0) is 33.2 Å². The maximum absolute atomic E-state index is 6.45. The predicted octanol–water partition coefficient (Wildman–Crippen LogP) is 2.21. The minimum atomic E-state index is 0.530. The lowest BCUT2D eigenvalue weighted by Crippen LogP contribution is -2.38. The first kappa shape index (κ1) is 14.8. The average molecular weight is 285 g/mol. The molecule has 1 aromatic heterocycles. The molecular weight excluding hydrogens is 260 g/mol. The first-order valence-electron chi connectivity index (χ1n) is 7.20. The number of nitrogens with zero attached hydrogens (tertiary/aromatic N) is 3. The summed E-state index contributed by atoms with van der Waals surface area (Å²) in [5.74, 6) is 0. The lowest BCUT2D eigenvalue weighted by atomic mass is 10.2. The SMILES string of the molecule is CCc1nn(C)c(CN2CC(C)NCCC2C)c1Cl. The minimum absolute atomic E-state index is 0.530. The van der Waals surface area contributed by atoms with Crippen molar-refractivity contribution in [3.63, 3.8) is 0 Å². The van der Waals surface area contributed by atoms with Gasteiger partial charge in [0, 0.05) is 32.2 Å². The Balaban J connectivity index is 2.17. The van der Waals surface area contributed by atoms with Crippen molar-refractivity contribution in [1.29, 1.82) is 0 Å². The van der Waals surface area contributed by atoms with Gasteiger partial charge in [-0.3, -0.25) is 9.58 Å². The highest BCUT2D eigenvalue weighted by atomic mass is 35.5. The molecule has 2 heterocycles. The van der Waals surface area contributed by atoms with E-state index in [2.05, 4.69) is 36.1 Å². The molecule has 0 amide bonds. The predicted molar refractivity (Wildman–Crippen MR) is 79.5 cm³/mol. The summed E-state index contributed by atoms with van der Waals surface area (Å²) in [6, 6.07) is 1.11. The van der Waals surface area contributed by atoms with Crippen LogP contribution in [0.3, 0.4) is 0 Å². The average Bonchev–Trinajstić information content (AvgIpc) is 2.54. The Morgan fingerprint density at radius 3 is 2.79 bits per heavy atom. The fourth-order valence-corrected chi connectivity index (χ4v) is 3.08. The van der Waals surface area contributed by atoms with Crippen molar-refractivity contribution in [2.24, 2.45) is 7.05 Å². The lowest BCUT2D eigenvalue weighted by molar-refractivity contribution is 0.194. The lowest BCUT2D eigenvalue weighted by Gasteiger charge is -2.28. The molecule has 1 saturated heterocycles. The molecule has 1 aliphatic rings. The topological polar surface area (TPSA) is 33.1 Å². The van der Waals surface area contributed by atoms with Crippen LogP contribution in [0.2, 0.25) is 5.02 Å². The molecule has 4 nitrogen and oxygen atoms in total. The number of aromatic nitrogens is 2. The van der Waals surface area contributed by atoms with Gasteiger partial charge in [0.05, 0.1) is 16.4 Å². The van der Waals surface area contributed by atoms with Crippen molar-refractivity contribution >= 4 is 11.6 Å². The molecule has 0 saturated carbocycles. The van der Waals surface area contributed by atoms with Crippen molar-refractivity contribution in [2.45, 2.75) is 52.2 Å². The van der Waals surface area contributed by atoms with Crippen LogP contribution in [0.25, 0.3) is 0 Å². The van der Waals surface area contributed by atoms with Crippen molar-refractivity contribution in [2.75, 3.05) is 13.1 Å². The van der Waals surface area contributed by atoms with Crippen molar-refractivity contribution in [3.05, 3.63) is 16.4 Å². The van der Waals surface area contributed by atoms with Crippen molar-refractivity contribution < 1.29 is 0 Å². The molecule has 108 valence electrons. The summed E-state index contributed by atoms with van der Waals surface area (Å²) in [6.45, 7) is 9.68. The van der Waals surface area contributed by atoms with Gasteiger partial charge >= 0.3 is 0 Å². The van der Waals surface area contributed by atoms with Gasteiger partial charge in [0.1, 0.15) is 0 Å². The molecule has 1 N–H and O–H groups in total. The summed E-state index contributed by atoms with van der Waals surface area (Å²) < 4.78 is 1.94. The van der Waals surface area contributed by atoms with Gasteiger partial charge < -0.3 is 5.32 Å². The molecule has 1 fully saturated rings. The minimum Gasteiger partial charge on any atom is -0.313 e. The summed E-state index contributed by atoms with van der Waals surface area (Å²) in [5, 5.41) is 8.89. The van der Waals surface area contributed by atoms with Crippen LogP contribution >= 0.6 is 11.6 Å². The van der Waals surface area contributed by atoms with Crippen LogP contribution in [-0.4, -0.2) is 39.9 Å². The Morgan fingerprint density at radius 1 is 1.42 bits per heavy atom. The second-order valence-corrected chi connectivity index (χ2v) is 5.98. The molecule has 2 rings (SSSR count). The quantitative estimate of drug-likeness (QED) is 0.924. The zero-order chi connectivity index (χ0) is 14.0. The largest absolute Gasteiger partial charge is 0.313 e. The van der Waals surface area contributed by atoms with Gasteiger partial charge in [-0.25, -0.2) is 0 Å². The maximum Gasteiger partial charge on any atom is 0.0863 e. The van der Waals surface area contributed by atoms with E-state index in [0.29, 0.717) is 12.1 Å². The number of rotatable bonds is 3. The fraction of sp³-hybridized carbons (Fsp3) is 0.786. The van der Waals surface area contributed by atoms with E-state index in [9.17, 15) is 0 Å². The fourth-order valence-electron chi connectivity index (χ4n) is 2.72.